The van der Waals surface area contributed by atoms with Crippen LogP contribution in [0.2, 0.25) is 0 Å². The van der Waals surface area contributed by atoms with Gasteiger partial charge in [0.15, 0.2) is 0 Å². The first kappa shape index (κ1) is 17.9. The van der Waals surface area contributed by atoms with E-state index >= 15 is 0 Å². The first-order valence-electron chi connectivity index (χ1n) is 7.58. The lowest BCUT2D eigenvalue weighted by molar-refractivity contribution is -0.118. The molecule has 0 aromatic heterocycles. The molecule has 2 aromatic rings. The molecule has 0 atom stereocenters. The highest BCUT2D eigenvalue weighted by molar-refractivity contribution is 7.99. The Bertz CT molecular complexity index is 702. The number of benzene rings is 2. The van der Waals surface area contributed by atoms with E-state index in [1.54, 1.807) is 23.9 Å². The molecule has 0 fully saturated rings. The van der Waals surface area contributed by atoms with E-state index in [4.69, 9.17) is 5.73 Å². The smallest absolute Gasteiger partial charge is 0.316 e. The minimum absolute atomic E-state index is 0.00647. The van der Waals surface area contributed by atoms with Crippen LogP contribution in [0.1, 0.15) is 16.7 Å². The third kappa shape index (κ3) is 6.34. The van der Waals surface area contributed by atoms with E-state index < -0.39 is 6.03 Å². The van der Waals surface area contributed by atoms with Crippen LogP contribution in [0.15, 0.2) is 48.5 Å². The highest BCUT2D eigenvalue weighted by Crippen LogP contribution is 2.13. The second-order valence-electron chi connectivity index (χ2n) is 5.44. The predicted octanol–water partition coefficient (Wildman–Crippen LogP) is 3.04. The van der Waals surface area contributed by atoms with E-state index in [0.717, 1.165) is 11.3 Å². The number of anilines is 1. The molecule has 0 saturated heterocycles. The summed E-state index contributed by atoms with van der Waals surface area (Å²) < 4.78 is 0. The standard InChI is InChI=1S/C18H21N3O2S/c1-13-3-2-4-15(9-13)11-24-12-17(22)20-10-14-5-7-16(8-6-14)21-18(19)23/h2-9H,10-12H2,1H3,(H,20,22)(H3,19,21,23). The molecule has 0 aliphatic rings. The number of rotatable bonds is 7. The summed E-state index contributed by atoms with van der Waals surface area (Å²) in [6.07, 6.45) is 0. The Balaban J connectivity index is 1.70. The van der Waals surface area contributed by atoms with Crippen molar-refractivity contribution < 1.29 is 9.59 Å². The van der Waals surface area contributed by atoms with Crippen LogP contribution in [0.25, 0.3) is 0 Å². The average Bonchev–Trinajstić information content (AvgIpc) is 2.54. The van der Waals surface area contributed by atoms with Crippen molar-refractivity contribution in [2.45, 2.75) is 19.2 Å². The lowest BCUT2D eigenvalue weighted by Gasteiger charge is -2.07. The molecule has 2 aromatic carbocycles. The first-order valence-corrected chi connectivity index (χ1v) is 8.74. The summed E-state index contributed by atoms with van der Waals surface area (Å²) in [6.45, 7) is 2.52. The van der Waals surface area contributed by atoms with Crippen LogP contribution in [-0.2, 0) is 17.1 Å². The fourth-order valence-corrected chi connectivity index (χ4v) is 2.97. The molecule has 0 unspecified atom stereocenters. The third-order valence-corrected chi connectivity index (χ3v) is 4.30. The molecule has 0 aliphatic heterocycles. The van der Waals surface area contributed by atoms with Gasteiger partial charge in [0.05, 0.1) is 5.75 Å². The Morgan fingerprint density at radius 3 is 2.50 bits per heavy atom. The number of thioether (sulfide) groups is 1. The second-order valence-corrected chi connectivity index (χ2v) is 6.43. The quantitative estimate of drug-likeness (QED) is 0.722. The van der Waals surface area contributed by atoms with Gasteiger partial charge in [0.25, 0.3) is 0 Å². The van der Waals surface area contributed by atoms with Gasteiger partial charge in [-0.3, -0.25) is 4.79 Å². The first-order chi connectivity index (χ1) is 11.5. The average molecular weight is 343 g/mol. The van der Waals surface area contributed by atoms with Crippen molar-refractivity contribution in [2.75, 3.05) is 11.1 Å². The van der Waals surface area contributed by atoms with E-state index in [-0.39, 0.29) is 5.91 Å². The molecule has 2 rings (SSSR count). The van der Waals surface area contributed by atoms with Gasteiger partial charge in [-0.1, -0.05) is 42.0 Å². The van der Waals surface area contributed by atoms with Gasteiger partial charge in [-0.25, -0.2) is 4.79 Å². The van der Waals surface area contributed by atoms with Gasteiger partial charge in [-0.05, 0) is 30.2 Å². The van der Waals surface area contributed by atoms with Crippen LogP contribution < -0.4 is 16.4 Å². The molecule has 0 heterocycles. The van der Waals surface area contributed by atoms with Crippen molar-refractivity contribution in [1.82, 2.24) is 5.32 Å². The maximum Gasteiger partial charge on any atom is 0.316 e. The van der Waals surface area contributed by atoms with Gasteiger partial charge in [0.2, 0.25) is 5.91 Å². The Labute approximate surface area is 146 Å². The van der Waals surface area contributed by atoms with Gasteiger partial charge in [0.1, 0.15) is 0 Å². The van der Waals surface area contributed by atoms with Gasteiger partial charge in [-0.15, -0.1) is 11.8 Å². The van der Waals surface area contributed by atoms with E-state index in [1.807, 2.05) is 18.2 Å². The highest BCUT2D eigenvalue weighted by Gasteiger charge is 2.03. The summed E-state index contributed by atoms with van der Waals surface area (Å²) in [7, 11) is 0. The molecular formula is C18H21N3O2S. The number of nitrogens with one attached hydrogen (secondary N) is 2. The molecule has 0 bridgehead atoms. The van der Waals surface area contributed by atoms with Gasteiger partial charge in [-0.2, -0.15) is 0 Å². The summed E-state index contributed by atoms with van der Waals surface area (Å²) in [6, 6.07) is 14.9. The normalized spacial score (nSPS) is 10.2. The fourth-order valence-electron chi connectivity index (χ4n) is 2.16. The molecule has 0 aliphatic carbocycles. The van der Waals surface area contributed by atoms with E-state index in [9.17, 15) is 9.59 Å². The number of aryl methyl sites for hydroxylation is 1. The summed E-state index contributed by atoms with van der Waals surface area (Å²) in [5, 5.41) is 5.38. The number of hydrogen-bond donors (Lipinski definition) is 3. The second kappa shape index (κ2) is 8.98. The molecule has 0 radical (unpaired) electrons. The van der Waals surface area contributed by atoms with Crippen molar-refractivity contribution in [3.8, 4) is 0 Å². The Hall–Kier alpha value is -2.47. The fraction of sp³-hybridized carbons (Fsp3) is 0.222. The number of nitrogens with two attached hydrogens (primary N) is 1. The van der Waals surface area contributed by atoms with Crippen molar-refractivity contribution in [3.63, 3.8) is 0 Å². The lowest BCUT2D eigenvalue weighted by Crippen LogP contribution is -2.24. The highest BCUT2D eigenvalue weighted by atomic mass is 32.2. The number of urea groups is 1. The number of amides is 3. The summed E-state index contributed by atoms with van der Waals surface area (Å²) >= 11 is 1.59. The summed E-state index contributed by atoms with van der Waals surface area (Å²) in [5.41, 5.74) is 9.10. The maximum absolute atomic E-state index is 11.9. The zero-order valence-electron chi connectivity index (χ0n) is 13.5. The zero-order chi connectivity index (χ0) is 17.4. The van der Waals surface area contributed by atoms with E-state index in [1.165, 1.54) is 11.1 Å². The largest absolute Gasteiger partial charge is 0.351 e. The van der Waals surface area contributed by atoms with Crippen LogP contribution in [-0.4, -0.2) is 17.7 Å². The monoisotopic (exact) mass is 343 g/mol. The van der Waals surface area contributed by atoms with Crippen molar-refractivity contribution in [1.29, 1.82) is 0 Å². The molecule has 6 heteroatoms. The third-order valence-electron chi connectivity index (χ3n) is 3.30. The number of hydrogen-bond acceptors (Lipinski definition) is 3. The summed E-state index contributed by atoms with van der Waals surface area (Å²) in [5.74, 6) is 1.25. The molecular weight excluding hydrogens is 322 g/mol. The van der Waals surface area contributed by atoms with Crippen LogP contribution in [0.5, 0.6) is 0 Å². The lowest BCUT2D eigenvalue weighted by atomic mass is 10.2. The van der Waals surface area contributed by atoms with Crippen molar-refractivity contribution in [2.24, 2.45) is 5.73 Å². The number of primary amides is 1. The van der Waals surface area contributed by atoms with E-state index in [0.29, 0.717) is 18.0 Å². The van der Waals surface area contributed by atoms with Crippen molar-refractivity contribution >= 4 is 29.4 Å². The van der Waals surface area contributed by atoms with Crippen LogP contribution in [0.3, 0.4) is 0 Å². The Morgan fingerprint density at radius 2 is 1.83 bits per heavy atom. The Morgan fingerprint density at radius 1 is 1.08 bits per heavy atom. The summed E-state index contributed by atoms with van der Waals surface area (Å²) in [4.78, 5) is 22.6. The maximum atomic E-state index is 11.9. The minimum atomic E-state index is -0.596. The molecule has 0 saturated carbocycles. The van der Waals surface area contributed by atoms with Gasteiger partial charge in [0, 0.05) is 18.0 Å². The topological polar surface area (TPSA) is 84.2 Å². The number of carbonyl (C=O) groups excluding carboxylic acids is 2. The van der Waals surface area contributed by atoms with Crippen LogP contribution in [0, 0.1) is 6.92 Å². The molecule has 5 nitrogen and oxygen atoms in total. The van der Waals surface area contributed by atoms with E-state index in [2.05, 4.69) is 35.8 Å². The number of carbonyl (C=O) groups is 2. The SMILES string of the molecule is Cc1cccc(CSCC(=O)NCc2ccc(NC(N)=O)cc2)c1. The van der Waals surface area contributed by atoms with Gasteiger partial charge < -0.3 is 16.4 Å². The minimum Gasteiger partial charge on any atom is -0.351 e. The molecule has 24 heavy (non-hydrogen) atoms. The van der Waals surface area contributed by atoms with Crippen LogP contribution >= 0.6 is 11.8 Å². The van der Waals surface area contributed by atoms with Gasteiger partial charge >= 0.3 is 6.03 Å². The van der Waals surface area contributed by atoms with Crippen LogP contribution in [0.4, 0.5) is 10.5 Å². The molecule has 3 amide bonds. The molecule has 126 valence electrons. The zero-order valence-corrected chi connectivity index (χ0v) is 14.4. The molecule has 0 spiro atoms. The molecule has 4 N–H and O–H groups in total. The van der Waals surface area contributed by atoms with Crippen molar-refractivity contribution in [3.05, 3.63) is 65.2 Å². The Kier molecular flexibility index (Phi) is 6.69. The predicted molar refractivity (Wildman–Crippen MR) is 98.8 cm³/mol.